The molecule has 0 aromatic heterocycles. The number of hydrogen-bond acceptors (Lipinski definition) is 2. The Morgan fingerprint density at radius 3 is 2.33 bits per heavy atom. The van der Waals surface area contributed by atoms with Gasteiger partial charge in [-0.3, -0.25) is 0 Å². The highest BCUT2D eigenvalue weighted by atomic mass is 19.1. The number of phenols is 1. The molecule has 2 saturated carbocycles. The fourth-order valence-electron chi connectivity index (χ4n) is 2.75. The van der Waals surface area contributed by atoms with Crippen molar-refractivity contribution < 1.29 is 14.2 Å². The molecule has 0 spiro atoms. The maximum absolute atomic E-state index is 13.6. The van der Waals surface area contributed by atoms with Crippen LogP contribution in [0.4, 0.5) is 4.39 Å². The smallest absolute Gasteiger partial charge is 0.197 e. The second kappa shape index (κ2) is 5.17. The van der Waals surface area contributed by atoms with E-state index in [-0.39, 0.29) is 17.6 Å². The summed E-state index contributed by atoms with van der Waals surface area (Å²) in [6.45, 7) is 5.75. The number of rotatable bonds is 2. The Labute approximate surface area is 108 Å². The molecule has 3 heteroatoms. The zero-order valence-electron chi connectivity index (χ0n) is 11.2. The summed E-state index contributed by atoms with van der Waals surface area (Å²) in [6.07, 6.45) is 3.42. The van der Waals surface area contributed by atoms with Crippen molar-refractivity contribution in [2.24, 2.45) is 11.8 Å². The molecular formula is C15H21FO2. The zero-order valence-corrected chi connectivity index (χ0v) is 11.2. The van der Waals surface area contributed by atoms with Gasteiger partial charge in [-0.15, -0.1) is 0 Å². The Kier molecular flexibility index (Phi) is 3.79. The predicted molar refractivity (Wildman–Crippen MR) is 69.4 cm³/mol. The van der Waals surface area contributed by atoms with E-state index in [1.54, 1.807) is 6.92 Å². The average molecular weight is 252 g/mol. The van der Waals surface area contributed by atoms with Gasteiger partial charge >= 0.3 is 0 Å². The standard InChI is InChI=1S/C13H15FO2.C2H6/c1-7-2-11(14)13(12(15)3-7)16-10-5-8-4-9(8)6-10;1-2/h2-3,8-10,15H,4-6H2,1H3;1-2H3. The second-order valence-electron chi connectivity index (χ2n) is 5.06. The summed E-state index contributed by atoms with van der Waals surface area (Å²) in [5.74, 6) is 1.06. The number of aromatic hydroxyl groups is 1. The van der Waals surface area contributed by atoms with E-state index in [1.807, 2.05) is 13.8 Å². The van der Waals surface area contributed by atoms with Gasteiger partial charge in [-0.05, 0) is 55.7 Å². The molecule has 0 heterocycles. The van der Waals surface area contributed by atoms with Crippen LogP contribution in [0.2, 0.25) is 0 Å². The number of fused-ring (bicyclic) bond motifs is 1. The van der Waals surface area contributed by atoms with Crippen LogP contribution in [0.25, 0.3) is 0 Å². The predicted octanol–water partition coefficient (Wildman–Crippen LogP) is 4.04. The highest BCUT2D eigenvalue weighted by Gasteiger charge is 2.47. The third kappa shape index (κ3) is 2.60. The molecule has 0 saturated heterocycles. The van der Waals surface area contributed by atoms with Crippen LogP contribution in [-0.4, -0.2) is 11.2 Å². The van der Waals surface area contributed by atoms with E-state index in [4.69, 9.17) is 4.74 Å². The van der Waals surface area contributed by atoms with E-state index in [1.165, 1.54) is 18.6 Å². The van der Waals surface area contributed by atoms with Gasteiger partial charge in [0.2, 0.25) is 0 Å². The van der Waals surface area contributed by atoms with Gasteiger partial charge in [0, 0.05) is 0 Å². The van der Waals surface area contributed by atoms with Crippen LogP contribution in [0, 0.1) is 24.6 Å². The van der Waals surface area contributed by atoms with E-state index in [0.717, 1.165) is 24.7 Å². The van der Waals surface area contributed by atoms with Crippen molar-refractivity contribution in [1.29, 1.82) is 0 Å². The van der Waals surface area contributed by atoms with Crippen molar-refractivity contribution in [1.82, 2.24) is 0 Å². The Morgan fingerprint density at radius 1 is 1.17 bits per heavy atom. The van der Waals surface area contributed by atoms with Crippen LogP contribution in [0.15, 0.2) is 12.1 Å². The highest BCUT2D eigenvalue weighted by molar-refractivity contribution is 5.43. The number of benzene rings is 1. The maximum Gasteiger partial charge on any atom is 0.197 e. The summed E-state index contributed by atoms with van der Waals surface area (Å²) in [5.41, 5.74) is 0.705. The molecule has 0 aliphatic heterocycles. The van der Waals surface area contributed by atoms with Gasteiger partial charge in [-0.25, -0.2) is 4.39 Å². The lowest BCUT2D eigenvalue weighted by Crippen LogP contribution is -2.14. The molecule has 0 amide bonds. The summed E-state index contributed by atoms with van der Waals surface area (Å²) in [6, 6.07) is 2.93. The molecule has 18 heavy (non-hydrogen) atoms. The molecule has 2 atom stereocenters. The third-order valence-corrected chi connectivity index (χ3v) is 3.65. The molecule has 2 aliphatic rings. The van der Waals surface area contributed by atoms with Gasteiger partial charge in [0.25, 0.3) is 0 Å². The molecule has 2 nitrogen and oxygen atoms in total. The molecule has 2 unspecified atom stereocenters. The Morgan fingerprint density at radius 2 is 1.78 bits per heavy atom. The molecule has 3 rings (SSSR count). The second-order valence-corrected chi connectivity index (χ2v) is 5.06. The van der Waals surface area contributed by atoms with Crippen LogP contribution in [0.3, 0.4) is 0 Å². The first kappa shape index (κ1) is 13.2. The molecule has 100 valence electrons. The van der Waals surface area contributed by atoms with Gasteiger partial charge in [-0.1, -0.05) is 13.8 Å². The van der Waals surface area contributed by atoms with Crippen molar-refractivity contribution in [3.05, 3.63) is 23.5 Å². The largest absolute Gasteiger partial charge is 0.504 e. The third-order valence-electron chi connectivity index (χ3n) is 3.65. The van der Waals surface area contributed by atoms with E-state index < -0.39 is 5.82 Å². The highest BCUT2D eigenvalue weighted by Crippen LogP contribution is 2.53. The molecule has 0 radical (unpaired) electrons. The molecule has 1 aromatic carbocycles. The molecule has 1 aromatic rings. The minimum absolute atomic E-state index is 0.0249. The van der Waals surface area contributed by atoms with Gasteiger partial charge in [0.05, 0.1) is 6.10 Å². The Balaban J connectivity index is 0.000000574. The number of hydrogen-bond donors (Lipinski definition) is 1. The normalized spacial score (nSPS) is 28.1. The summed E-state index contributed by atoms with van der Waals surface area (Å²) in [5, 5.41) is 9.64. The number of aryl methyl sites for hydroxylation is 1. The number of halogens is 1. The van der Waals surface area contributed by atoms with Gasteiger partial charge in [-0.2, -0.15) is 0 Å². The van der Waals surface area contributed by atoms with Crippen molar-refractivity contribution in [3.8, 4) is 11.5 Å². The fourth-order valence-corrected chi connectivity index (χ4v) is 2.75. The van der Waals surface area contributed by atoms with Gasteiger partial charge < -0.3 is 9.84 Å². The summed E-state index contributed by atoms with van der Waals surface area (Å²) in [4.78, 5) is 0. The van der Waals surface area contributed by atoms with Crippen molar-refractivity contribution in [2.75, 3.05) is 0 Å². The topological polar surface area (TPSA) is 29.5 Å². The summed E-state index contributed by atoms with van der Waals surface area (Å²) >= 11 is 0. The summed E-state index contributed by atoms with van der Waals surface area (Å²) < 4.78 is 19.2. The van der Waals surface area contributed by atoms with Crippen LogP contribution in [-0.2, 0) is 0 Å². The lowest BCUT2D eigenvalue weighted by atomic mass is 10.2. The number of ether oxygens (including phenoxy) is 1. The molecule has 2 fully saturated rings. The van der Waals surface area contributed by atoms with Crippen molar-refractivity contribution in [2.45, 2.75) is 46.1 Å². The fraction of sp³-hybridized carbons (Fsp3) is 0.600. The minimum atomic E-state index is -0.460. The Bertz CT molecular complexity index is 397. The first-order chi connectivity index (χ1) is 8.63. The van der Waals surface area contributed by atoms with Crippen molar-refractivity contribution in [3.63, 3.8) is 0 Å². The van der Waals surface area contributed by atoms with E-state index in [0.29, 0.717) is 5.56 Å². The van der Waals surface area contributed by atoms with Gasteiger partial charge in [0.15, 0.2) is 17.3 Å². The first-order valence-electron chi connectivity index (χ1n) is 6.79. The van der Waals surface area contributed by atoms with Crippen LogP contribution in [0.1, 0.15) is 38.7 Å². The Hall–Kier alpha value is -1.25. The van der Waals surface area contributed by atoms with E-state index in [9.17, 15) is 9.50 Å². The van der Waals surface area contributed by atoms with Crippen LogP contribution >= 0.6 is 0 Å². The van der Waals surface area contributed by atoms with Crippen molar-refractivity contribution >= 4 is 0 Å². The van der Waals surface area contributed by atoms with E-state index in [2.05, 4.69) is 0 Å². The lowest BCUT2D eigenvalue weighted by molar-refractivity contribution is 0.178. The van der Waals surface area contributed by atoms with Gasteiger partial charge in [0.1, 0.15) is 0 Å². The van der Waals surface area contributed by atoms with Crippen LogP contribution < -0.4 is 4.74 Å². The summed E-state index contributed by atoms with van der Waals surface area (Å²) in [7, 11) is 0. The molecular weight excluding hydrogens is 231 g/mol. The van der Waals surface area contributed by atoms with E-state index >= 15 is 0 Å². The minimum Gasteiger partial charge on any atom is -0.504 e. The lowest BCUT2D eigenvalue weighted by Gasteiger charge is -2.16. The maximum atomic E-state index is 13.6. The van der Waals surface area contributed by atoms with Crippen LogP contribution in [0.5, 0.6) is 11.5 Å². The quantitative estimate of drug-likeness (QED) is 0.860. The molecule has 0 bridgehead atoms. The number of phenolic OH excluding ortho intramolecular Hbond substituents is 1. The first-order valence-corrected chi connectivity index (χ1v) is 6.79. The SMILES string of the molecule is CC.Cc1cc(O)c(OC2CC3CC3C2)c(F)c1. The monoisotopic (exact) mass is 252 g/mol. The molecule has 1 N–H and O–H groups in total. The zero-order chi connectivity index (χ0) is 13.3. The average Bonchev–Trinajstić information content (AvgIpc) is 2.94. The molecule has 2 aliphatic carbocycles.